The average Bonchev–Trinajstić information content (AvgIpc) is 3.35. The highest BCUT2D eigenvalue weighted by atomic mass is 32.1. The molecule has 1 aliphatic rings. The fourth-order valence-electron chi connectivity index (χ4n) is 4.78. The minimum atomic E-state index is 0.423. The number of piperidine rings is 1. The third-order valence-electron chi connectivity index (χ3n) is 6.32. The van der Waals surface area contributed by atoms with Crippen molar-refractivity contribution in [1.29, 1.82) is 0 Å². The number of hydrogen-bond donors (Lipinski definition) is 1. The maximum atomic E-state index is 5.56. The maximum Gasteiger partial charge on any atom is 0.123 e. The Labute approximate surface area is 191 Å². The first-order valence-electron chi connectivity index (χ1n) is 11.5. The molecule has 2 aromatic carbocycles. The average molecular weight is 435 g/mol. The van der Waals surface area contributed by atoms with Crippen LogP contribution in [0.15, 0.2) is 72.1 Å². The Hall–Kier alpha value is -2.14. The summed E-state index contributed by atoms with van der Waals surface area (Å²) in [6.45, 7) is 3.19. The monoisotopic (exact) mass is 434 g/mol. The normalized spacial score (nSPS) is 19.4. The highest BCUT2D eigenvalue weighted by Crippen LogP contribution is 2.32. The molecule has 0 spiro atoms. The molecule has 1 N–H and O–H groups in total. The molecular formula is C27H34N2OS. The lowest BCUT2D eigenvalue weighted by atomic mass is 9.89. The van der Waals surface area contributed by atoms with Gasteiger partial charge in [-0.2, -0.15) is 0 Å². The molecule has 3 nitrogen and oxygen atoms in total. The van der Waals surface area contributed by atoms with Crippen LogP contribution in [-0.4, -0.2) is 31.1 Å². The van der Waals surface area contributed by atoms with E-state index >= 15 is 0 Å². The van der Waals surface area contributed by atoms with Gasteiger partial charge in [0, 0.05) is 23.0 Å². The summed E-state index contributed by atoms with van der Waals surface area (Å²) in [5.74, 6) is 0.965. The van der Waals surface area contributed by atoms with E-state index in [-0.39, 0.29) is 0 Å². The van der Waals surface area contributed by atoms with Crippen LogP contribution in [0.2, 0.25) is 0 Å². The molecule has 3 aromatic rings. The zero-order chi connectivity index (χ0) is 21.3. The number of benzene rings is 2. The summed E-state index contributed by atoms with van der Waals surface area (Å²) in [7, 11) is 1.75. The molecule has 0 amide bonds. The van der Waals surface area contributed by atoms with Gasteiger partial charge in [0.25, 0.3) is 0 Å². The van der Waals surface area contributed by atoms with Crippen LogP contribution >= 0.6 is 11.3 Å². The van der Waals surface area contributed by atoms with Crippen LogP contribution in [0.1, 0.15) is 47.7 Å². The number of nitrogens with zero attached hydrogens (tertiary/aromatic N) is 1. The lowest BCUT2D eigenvalue weighted by Gasteiger charge is -2.42. The van der Waals surface area contributed by atoms with Crippen LogP contribution in [0.5, 0.6) is 5.75 Å². The van der Waals surface area contributed by atoms with E-state index in [2.05, 4.69) is 70.2 Å². The second kappa shape index (κ2) is 11.5. The van der Waals surface area contributed by atoms with Gasteiger partial charge in [-0.15, -0.1) is 11.3 Å². The molecule has 0 saturated carbocycles. The molecule has 2 heterocycles. The fraction of sp³-hybridized carbons (Fsp3) is 0.407. The first-order valence-corrected chi connectivity index (χ1v) is 12.4. The molecule has 2 atom stereocenters. The zero-order valence-electron chi connectivity index (χ0n) is 18.5. The minimum absolute atomic E-state index is 0.423. The van der Waals surface area contributed by atoms with Crippen LogP contribution < -0.4 is 10.1 Å². The predicted octanol–water partition coefficient (Wildman–Crippen LogP) is 6.07. The zero-order valence-corrected chi connectivity index (χ0v) is 19.3. The van der Waals surface area contributed by atoms with Crippen molar-refractivity contribution in [2.45, 2.75) is 50.7 Å². The van der Waals surface area contributed by atoms with Crippen molar-refractivity contribution in [3.05, 3.63) is 88.1 Å². The molecule has 0 bridgehead atoms. The Morgan fingerprint density at radius 3 is 2.65 bits per heavy atom. The van der Waals surface area contributed by atoms with E-state index in [0.717, 1.165) is 18.8 Å². The lowest BCUT2D eigenvalue weighted by Crippen LogP contribution is -2.48. The Bertz CT molecular complexity index is 897. The molecule has 4 heteroatoms. The lowest BCUT2D eigenvalue weighted by molar-refractivity contribution is 0.109. The van der Waals surface area contributed by atoms with Gasteiger partial charge >= 0.3 is 0 Å². The van der Waals surface area contributed by atoms with Gasteiger partial charge in [-0.05, 0) is 68.3 Å². The number of hydrogen-bond acceptors (Lipinski definition) is 4. The number of thiophene rings is 1. The molecule has 1 aliphatic heterocycles. The summed E-state index contributed by atoms with van der Waals surface area (Å²) in [6.07, 6.45) is 6.17. The highest BCUT2D eigenvalue weighted by Gasteiger charge is 2.32. The predicted molar refractivity (Wildman–Crippen MR) is 131 cm³/mol. The molecule has 0 radical (unpaired) electrons. The van der Waals surface area contributed by atoms with Crippen molar-refractivity contribution in [3.8, 4) is 5.75 Å². The Morgan fingerprint density at radius 2 is 1.84 bits per heavy atom. The third-order valence-corrected chi connectivity index (χ3v) is 7.26. The molecule has 0 aliphatic carbocycles. The van der Waals surface area contributed by atoms with E-state index in [9.17, 15) is 0 Å². The van der Waals surface area contributed by atoms with E-state index in [1.54, 1.807) is 7.11 Å². The van der Waals surface area contributed by atoms with E-state index in [1.807, 2.05) is 23.5 Å². The van der Waals surface area contributed by atoms with Crippen LogP contribution in [0, 0.1) is 0 Å². The van der Waals surface area contributed by atoms with Gasteiger partial charge in [-0.3, -0.25) is 4.90 Å². The number of rotatable bonds is 10. The molecule has 1 aromatic heterocycles. The van der Waals surface area contributed by atoms with E-state index < -0.39 is 0 Å². The first kappa shape index (κ1) is 22.1. The van der Waals surface area contributed by atoms with Gasteiger partial charge in [0.15, 0.2) is 0 Å². The van der Waals surface area contributed by atoms with E-state index in [1.165, 1.54) is 54.7 Å². The van der Waals surface area contributed by atoms with E-state index in [0.29, 0.717) is 12.1 Å². The van der Waals surface area contributed by atoms with Gasteiger partial charge in [0.2, 0.25) is 0 Å². The number of unbranched alkanes of at least 4 members (excludes halogenated alkanes) is 1. The highest BCUT2D eigenvalue weighted by molar-refractivity contribution is 7.09. The first-order chi connectivity index (χ1) is 15.3. The summed E-state index contributed by atoms with van der Waals surface area (Å²) in [5, 5.41) is 6.07. The minimum Gasteiger partial charge on any atom is -0.496 e. The molecular weight excluding hydrogens is 400 g/mol. The van der Waals surface area contributed by atoms with Crippen molar-refractivity contribution >= 4 is 11.3 Å². The fourth-order valence-corrected chi connectivity index (χ4v) is 5.53. The van der Waals surface area contributed by atoms with Crippen molar-refractivity contribution in [2.75, 3.05) is 20.2 Å². The molecule has 1 saturated heterocycles. The van der Waals surface area contributed by atoms with Crippen LogP contribution in [0.25, 0.3) is 0 Å². The van der Waals surface area contributed by atoms with Crippen LogP contribution in [0.4, 0.5) is 0 Å². The number of aryl methyl sites for hydroxylation is 1. The largest absolute Gasteiger partial charge is 0.496 e. The number of ether oxygens (including phenoxy) is 1. The van der Waals surface area contributed by atoms with Gasteiger partial charge < -0.3 is 10.1 Å². The quantitative estimate of drug-likeness (QED) is 0.392. The second-order valence-electron chi connectivity index (χ2n) is 8.37. The second-order valence-corrected chi connectivity index (χ2v) is 9.40. The third kappa shape index (κ3) is 5.97. The summed E-state index contributed by atoms with van der Waals surface area (Å²) in [4.78, 5) is 4.22. The van der Waals surface area contributed by atoms with Gasteiger partial charge in [-0.1, -0.05) is 54.6 Å². The van der Waals surface area contributed by atoms with Crippen molar-refractivity contribution < 1.29 is 4.74 Å². The summed E-state index contributed by atoms with van der Waals surface area (Å²) in [6, 6.07) is 24.7. The number of para-hydroxylation sites is 1. The molecule has 2 unspecified atom stereocenters. The van der Waals surface area contributed by atoms with Gasteiger partial charge in [0.1, 0.15) is 5.75 Å². The summed E-state index contributed by atoms with van der Waals surface area (Å²) >= 11 is 1.88. The van der Waals surface area contributed by atoms with Crippen molar-refractivity contribution in [2.24, 2.45) is 0 Å². The smallest absolute Gasteiger partial charge is 0.123 e. The topological polar surface area (TPSA) is 24.5 Å². The molecule has 164 valence electrons. The van der Waals surface area contributed by atoms with Gasteiger partial charge in [0.05, 0.1) is 13.2 Å². The Balaban J connectivity index is 1.42. The maximum absolute atomic E-state index is 5.56. The summed E-state index contributed by atoms with van der Waals surface area (Å²) < 4.78 is 5.56. The van der Waals surface area contributed by atoms with Crippen molar-refractivity contribution in [1.82, 2.24) is 10.2 Å². The Morgan fingerprint density at radius 1 is 1.00 bits per heavy atom. The standard InChI is InChI=1S/C27H34N2OS/c1-30-26-17-6-5-13-23(26)21-28-25-16-9-19-29(27(25)22-11-3-2-4-12-22)18-8-7-14-24-15-10-20-31-24/h2-6,10-13,15,17,20,25,27-28H,7-9,14,16,18-19,21H2,1H3. The summed E-state index contributed by atoms with van der Waals surface area (Å²) in [5.41, 5.74) is 2.66. The molecule has 1 fully saturated rings. The number of likely N-dealkylation sites (tertiary alicyclic amines) is 1. The van der Waals surface area contributed by atoms with E-state index in [4.69, 9.17) is 4.74 Å². The number of nitrogens with one attached hydrogen (secondary N) is 1. The van der Waals surface area contributed by atoms with Crippen LogP contribution in [0.3, 0.4) is 0 Å². The van der Waals surface area contributed by atoms with Crippen molar-refractivity contribution in [3.63, 3.8) is 0 Å². The molecule has 4 rings (SSSR count). The number of methoxy groups -OCH3 is 1. The van der Waals surface area contributed by atoms with Gasteiger partial charge in [-0.25, -0.2) is 0 Å². The SMILES string of the molecule is COc1ccccc1CNC1CCCN(CCCCc2cccs2)C1c1ccccc1. The Kier molecular flexibility index (Phi) is 8.17. The molecule has 31 heavy (non-hydrogen) atoms. The van der Waals surface area contributed by atoms with Crippen LogP contribution in [-0.2, 0) is 13.0 Å².